The Morgan fingerprint density at radius 2 is 2.05 bits per heavy atom. The molecule has 0 spiro atoms. The van der Waals surface area contributed by atoms with Gasteiger partial charge in [-0.3, -0.25) is 0 Å². The van der Waals surface area contributed by atoms with Crippen molar-refractivity contribution in [2.75, 3.05) is 19.8 Å². The fourth-order valence-electron chi connectivity index (χ4n) is 2.35. The van der Waals surface area contributed by atoms with Crippen LogP contribution in [0.3, 0.4) is 0 Å². The number of ether oxygens (including phenoxy) is 3. The predicted octanol–water partition coefficient (Wildman–Crippen LogP) is 3.56. The molecule has 1 heterocycles. The van der Waals surface area contributed by atoms with Crippen LogP contribution < -0.4 is 4.74 Å². The highest BCUT2D eigenvalue weighted by atomic mass is 16.7. The van der Waals surface area contributed by atoms with Crippen LogP contribution in [-0.2, 0) is 15.9 Å². The predicted molar refractivity (Wildman–Crippen MR) is 83.3 cm³/mol. The molecule has 0 N–H and O–H groups in total. The molecular formula is C18H24O3. The second-order valence-electron chi connectivity index (χ2n) is 5.27. The summed E-state index contributed by atoms with van der Waals surface area (Å²) in [5.41, 5.74) is 1.32. The Labute approximate surface area is 127 Å². The summed E-state index contributed by atoms with van der Waals surface area (Å²) in [5, 5.41) is 0. The third kappa shape index (κ3) is 6.20. The van der Waals surface area contributed by atoms with E-state index in [4.69, 9.17) is 20.6 Å². The summed E-state index contributed by atoms with van der Waals surface area (Å²) in [5.74, 6) is 3.36. The summed E-state index contributed by atoms with van der Waals surface area (Å²) in [7, 11) is 0. The number of benzene rings is 1. The molecule has 1 aromatic carbocycles. The van der Waals surface area contributed by atoms with E-state index in [9.17, 15) is 0 Å². The van der Waals surface area contributed by atoms with Gasteiger partial charge in [-0.25, -0.2) is 0 Å². The first-order chi connectivity index (χ1) is 10.4. The van der Waals surface area contributed by atoms with Gasteiger partial charge in [-0.1, -0.05) is 18.1 Å². The molecule has 3 nitrogen and oxygen atoms in total. The molecule has 0 amide bonds. The van der Waals surface area contributed by atoms with Crippen LogP contribution in [0.4, 0.5) is 0 Å². The zero-order valence-corrected chi connectivity index (χ0v) is 12.6. The lowest BCUT2D eigenvalue weighted by Gasteiger charge is -2.23. The Morgan fingerprint density at radius 1 is 1.19 bits per heavy atom. The summed E-state index contributed by atoms with van der Waals surface area (Å²) >= 11 is 0. The van der Waals surface area contributed by atoms with Crippen LogP contribution in [0.2, 0.25) is 0 Å². The minimum atomic E-state index is -0.0714. The largest absolute Gasteiger partial charge is 0.465 e. The summed E-state index contributed by atoms with van der Waals surface area (Å²) in [6.07, 6.45) is 11.6. The third-order valence-electron chi connectivity index (χ3n) is 3.52. The zero-order valence-electron chi connectivity index (χ0n) is 12.6. The van der Waals surface area contributed by atoms with Gasteiger partial charge in [0.15, 0.2) is 6.29 Å². The monoisotopic (exact) mass is 288 g/mol. The average molecular weight is 288 g/mol. The molecule has 114 valence electrons. The first-order valence-electron chi connectivity index (χ1n) is 7.77. The van der Waals surface area contributed by atoms with Gasteiger partial charge in [-0.2, -0.15) is 0 Å². The number of terminal acetylenes is 1. The van der Waals surface area contributed by atoms with Gasteiger partial charge in [0, 0.05) is 13.0 Å². The molecule has 1 atom stereocenters. The van der Waals surface area contributed by atoms with E-state index in [0.29, 0.717) is 6.61 Å². The van der Waals surface area contributed by atoms with Crippen molar-refractivity contribution in [3.05, 3.63) is 29.8 Å². The molecule has 1 fully saturated rings. The molecule has 0 aliphatic carbocycles. The Hall–Kier alpha value is -1.50. The molecule has 0 radical (unpaired) electrons. The Balaban J connectivity index is 1.65. The van der Waals surface area contributed by atoms with Gasteiger partial charge in [0.2, 0.25) is 0 Å². The van der Waals surface area contributed by atoms with E-state index in [1.165, 1.54) is 12.0 Å². The van der Waals surface area contributed by atoms with E-state index in [-0.39, 0.29) is 6.29 Å². The first kappa shape index (κ1) is 15.9. The van der Waals surface area contributed by atoms with E-state index in [1.54, 1.807) is 0 Å². The summed E-state index contributed by atoms with van der Waals surface area (Å²) in [6.45, 7) is 1.96. The molecule has 21 heavy (non-hydrogen) atoms. The topological polar surface area (TPSA) is 27.7 Å². The molecular weight excluding hydrogens is 264 g/mol. The molecule has 0 saturated carbocycles. The van der Waals surface area contributed by atoms with Crippen molar-refractivity contribution < 1.29 is 14.2 Å². The molecule has 1 saturated heterocycles. The van der Waals surface area contributed by atoms with E-state index < -0.39 is 0 Å². The van der Waals surface area contributed by atoms with Crippen LogP contribution in [-0.4, -0.2) is 26.1 Å². The Morgan fingerprint density at radius 3 is 2.76 bits per heavy atom. The van der Waals surface area contributed by atoms with E-state index in [0.717, 1.165) is 51.1 Å². The number of rotatable bonds is 8. The molecule has 1 unspecified atom stereocenters. The number of unbranched alkanes of at least 4 members (excludes halogenated alkanes) is 1. The molecule has 0 aromatic heterocycles. The van der Waals surface area contributed by atoms with Crippen molar-refractivity contribution in [1.82, 2.24) is 0 Å². The van der Waals surface area contributed by atoms with Gasteiger partial charge >= 0.3 is 0 Å². The Kier molecular flexibility index (Phi) is 7.14. The van der Waals surface area contributed by atoms with Crippen molar-refractivity contribution in [3.8, 4) is 18.1 Å². The van der Waals surface area contributed by atoms with Crippen molar-refractivity contribution in [3.63, 3.8) is 0 Å². The summed E-state index contributed by atoms with van der Waals surface area (Å²) in [6, 6.07) is 8.31. The lowest BCUT2D eigenvalue weighted by atomic mass is 10.1. The van der Waals surface area contributed by atoms with Gasteiger partial charge in [0.05, 0.1) is 6.61 Å². The van der Waals surface area contributed by atoms with Crippen LogP contribution in [0.25, 0.3) is 0 Å². The minimum Gasteiger partial charge on any atom is -0.465 e. The summed E-state index contributed by atoms with van der Waals surface area (Å²) in [4.78, 5) is 0. The number of aryl methyl sites for hydroxylation is 1. The molecule has 3 heteroatoms. The molecule has 1 aliphatic heterocycles. The van der Waals surface area contributed by atoms with Crippen LogP contribution in [0.15, 0.2) is 24.3 Å². The standard InChI is InChI=1S/C18H24O3/c1-2-13-19-14-5-3-7-16-9-11-17(12-10-16)21-18-8-4-6-15-20-18/h1,9-12,18H,3-8,13-15H2. The maximum Gasteiger partial charge on any atom is 0.199 e. The fourth-order valence-corrected chi connectivity index (χ4v) is 2.35. The van der Waals surface area contributed by atoms with Crippen molar-refractivity contribution >= 4 is 0 Å². The van der Waals surface area contributed by atoms with Crippen LogP contribution in [0, 0.1) is 12.3 Å². The lowest BCUT2D eigenvalue weighted by molar-refractivity contribution is -0.105. The van der Waals surface area contributed by atoms with Crippen LogP contribution in [0.5, 0.6) is 5.75 Å². The highest BCUT2D eigenvalue weighted by Gasteiger charge is 2.14. The van der Waals surface area contributed by atoms with Crippen molar-refractivity contribution in [1.29, 1.82) is 0 Å². The van der Waals surface area contributed by atoms with E-state index >= 15 is 0 Å². The number of hydrogen-bond acceptors (Lipinski definition) is 3. The maximum atomic E-state index is 5.82. The SMILES string of the molecule is C#CCOCCCCc1ccc(OC2CCCCO2)cc1. The Bertz CT molecular complexity index is 427. The van der Waals surface area contributed by atoms with Gasteiger partial charge < -0.3 is 14.2 Å². The molecule has 1 aliphatic rings. The van der Waals surface area contributed by atoms with E-state index in [2.05, 4.69) is 18.1 Å². The third-order valence-corrected chi connectivity index (χ3v) is 3.52. The lowest BCUT2D eigenvalue weighted by Crippen LogP contribution is -2.24. The van der Waals surface area contributed by atoms with Crippen LogP contribution >= 0.6 is 0 Å². The van der Waals surface area contributed by atoms with E-state index in [1.807, 2.05) is 12.1 Å². The average Bonchev–Trinajstić information content (AvgIpc) is 2.53. The fraction of sp³-hybridized carbons (Fsp3) is 0.556. The van der Waals surface area contributed by atoms with Crippen molar-refractivity contribution in [2.45, 2.75) is 44.8 Å². The van der Waals surface area contributed by atoms with Gasteiger partial charge in [-0.15, -0.1) is 6.42 Å². The highest BCUT2D eigenvalue weighted by molar-refractivity contribution is 5.27. The second-order valence-corrected chi connectivity index (χ2v) is 5.27. The highest BCUT2D eigenvalue weighted by Crippen LogP contribution is 2.20. The van der Waals surface area contributed by atoms with Crippen molar-refractivity contribution in [2.24, 2.45) is 0 Å². The first-order valence-corrected chi connectivity index (χ1v) is 7.77. The molecule has 0 bridgehead atoms. The smallest absolute Gasteiger partial charge is 0.199 e. The molecule has 2 rings (SSSR count). The summed E-state index contributed by atoms with van der Waals surface area (Å²) < 4.78 is 16.6. The normalized spacial score (nSPS) is 18.1. The maximum absolute atomic E-state index is 5.82. The minimum absolute atomic E-state index is 0.0714. The van der Waals surface area contributed by atoms with Gasteiger partial charge in [0.1, 0.15) is 12.4 Å². The second kappa shape index (κ2) is 9.44. The zero-order chi connectivity index (χ0) is 14.8. The number of hydrogen-bond donors (Lipinski definition) is 0. The molecule has 1 aromatic rings. The quantitative estimate of drug-likeness (QED) is 0.541. The van der Waals surface area contributed by atoms with Gasteiger partial charge in [0.25, 0.3) is 0 Å². The van der Waals surface area contributed by atoms with Crippen LogP contribution in [0.1, 0.15) is 37.7 Å². The van der Waals surface area contributed by atoms with Gasteiger partial charge in [-0.05, 0) is 49.8 Å².